The molecule has 102 valence electrons. The van der Waals surface area contributed by atoms with Gasteiger partial charge < -0.3 is 4.74 Å². The van der Waals surface area contributed by atoms with Gasteiger partial charge in [0, 0.05) is 0 Å². The summed E-state index contributed by atoms with van der Waals surface area (Å²) < 4.78 is 5.30. The van der Waals surface area contributed by atoms with Crippen molar-refractivity contribution in [2.24, 2.45) is 0 Å². The molecule has 3 heteroatoms. The van der Waals surface area contributed by atoms with Gasteiger partial charge >= 0.3 is 69.2 Å². The molecule has 1 nitrogen and oxygen atoms in total. The number of ether oxygens (including phenoxy) is 1. The molecule has 0 atom stereocenters. The Morgan fingerprint density at radius 3 is 1.72 bits per heavy atom. The van der Waals surface area contributed by atoms with Crippen molar-refractivity contribution in [3.8, 4) is 0 Å². The van der Waals surface area contributed by atoms with E-state index in [4.69, 9.17) is 4.74 Å². The van der Waals surface area contributed by atoms with E-state index in [2.05, 4.69) is 53.9 Å². The fraction of sp³-hybridized carbons (Fsp3) is 0.600. The Balaban J connectivity index is 0.000000307. The summed E-state index contributed by atoms with van der Waals surface area (Å²) in [6, 6.07) is 8.46. The van der Waals surface area contributed by atoms with Gasteiger partial charge in [-0.25, -0.2) is 0 Å². The van der Waals surface area contributed by atoms with Crippen LogP contribution in [-0.2, 0) is 17.8 Å². The maximum atomic E-state index is 5.30. The van der Waals surface area contributed by atoms with E-state index in [1.165, 1.54) is 11.1 Å². The predicted octanol–water partition coefficient (Wildman–Crippen LogP) is 4.50. The van der Waals surface area contributed by atoms with Crippen LogP contribution in [0.25, 0.3) is 0 Å². The number of hydrogen-bond donors (Lipinski definition) is 0. The average molecular weight is 462 g/mol. The maximum absolute atomic E-state index is 5.30. The molecule has 18 heavy (non-hydrogen) atoms. The van der Waals surface area contributed by atoms with Gasteiger partial charge in [0.05, 0.1) is 13.2 Å². The molecule has 0 spiro atoms. The van der Waals surface area contributed by atoms with Gasteiger partial charge in [0.15, 0.2) is 0 Å². The molecule has 1 aromatic rings. The van der Waals surface area contributed by atoms with Gasteiger partial charge in [-0.05, 0) is 17.5 Å². The normalized spacial score (nSPS) is 13.1. The van der Waals surface area contributed by atoms with Crippen LogP contribution in [0.4, 0.5) is 0 Å². The Kier molecular flexibility index (Phi) is 12.1. The Labute approximate surface area is 128 Å². The van der Waals surface area contributed by atoms with Crippen molar-refractivity contribution >= 4 is 39.5 Å². The number of rotatable bonds is 0. The largest absolute Gasteiger partial charge is 0.376 e. The molecule has 0 amide bonds. The predicted molar refractivity (Wildman–Crippen MR) is 86.5 cm³/mol. The first-order chi connectivity index (χ1) is 8.43. The van der Waals surface area contributed by atoms with E-state index in [0.717, 1.165) is 19.6 Å². The summed E-state index contributed by atoms with van der Waals surface area (Å²) in [5.74, 6) is 0. The second-order valence-corrected chi connectivity index (χ2v) is 22.7. The van der Waals surface area contributed by atoms with Crippen molar-refractivity contribution in [1.29, 1.82) is 0 Å². The third-order valence-electron chi connectivity index (χ3n) is 1.89. The van der Waals surface area contributed by atoms with Crippen molar-refractivity contribution in [1.82, 2.24) is 0 Å². The molecule has 0 saturated heterocycles. The molecule has 0 aromatic heterocycles. The Bertz CT molecular complexity index is 275. The first kappa shape index (κ1) is 18.8. The molecule has 0 saturated carbocycles. The van der Waals surface area contributed by atoms with Crippen LogP contribution in [0.15, 0.2) is 24.3 Å². The van der Waals surface area contributed by atoms with Gasteiger partial charge in [-0.15, -0.1) is 0 Å². The van der Waals surface area contributed by atoms with Crippen LogP contribution in [-0.4, -0.2) is 46.1 Å². The summed E-state index contributed by atoms with van der Waals surface area (Å²) in [6.07, 6.45) is 1.08. The molecule has 1 aromatic carbocycles. The number of hydrogen-bond acceptors (Lipinski definition) is 1. The average Bonchev–Trinajstić information content (AvgIpc) is 2.28. The summed E-state index contributed by atoms with van der Waals surface area (Å²) in [5, 5.41) is 0. The van der Waals surface area contributed by atoms with Crippen LogP contribution < -0.4 is 0 Å². The molecule has 0 N–H and O–H groups in total. The molecule has 0 aliphatic carbocycles. The van der Waals surface area contributed by atoms with Crippen LogP contribution >= 0.6 is 0 Å². The molecule has 0 bridgehead atoms. The minimum absolute atomic E-state index is 0.543. The zero-order chi connectivity index (χ0) is 14.0. The summed E-state index contributed by atoms with van der Waals surface area (Å²) in [7, 11) is 0. The maximum Gasteiger partial charge on any atom is 0.0719 e. The standard InChI is InChI=1S/C9H10O.6CH3.2Sn/c1-2-4-9-7-10-6-5-8(9)3-1;;;;;;;;/h1-4H,5-7H2;6*1H3;;. The van der Waals surface area contributed by atoms with E-state index >= 15 is 0 Å². The minimum Gasteiger partial charge on any atom is -0.376 e. The monoisotopic (exact) mass is 464 g/mol. The molecule has 2 radical (unpaired) electrons. The number of benzene rings is 1. The summed E-state index contributed by atoms with van der Waals surface area (Å²) in [4.78, 5) is 14.2. The van der Waals surface area contributed by atoms with Crippen LogP contribution in [0.1, 0.15) is 11.1 Å². The molecular weight excluding hydrogens is 434 g/mol. The Morgan fingerprint density at radius 2 is 1.28 bits per heavy atom. The molecule has 0 unspecified atom stereocenters. The smallest absolute Gasteiger partial charge is 0.0719 e. The van der Waals surface area contributed by atoms with Crippen LogP contribution in [0, 0.1) is 0 Å². The van der Waals surface area contributed by atoms with Crippen molar-refractivity contribution in [2.75, 3.05) is 6.61 Å². The molecule has 0 fully saturated rings. The minimum atomic E-state index is -0.543. The second-order valence-electron chi connectivity index (χ2n) is 5.57. The van der Waals surface area contributed by atoms with Crippen molar-refractivity contribution in [3.63, 3.8) is 0 Å². The van der Waals surface area contributed by atoms with Gasteiger partial charge in [0.2, 0.25) is 0 Å². The van der Waals surface area contributed by atoms with Gasteiger partial charge in [-0.1, -0.05) is 24.3 Å². The van der Waals surface area contributed by atoms with Crippen LogP contribution in [0.3, 0.4) is 0 Å². The Morgan fingerprint density at radius 1 is 0.833 bits per heavy atom. The second kappa shape index (κ2) is 11.6. The fourth-order valence-corrected chi connectivity index (χ4v) is 1.31. The molecule has 1 aliphatic heterocycles. The van der Waals surface area contributed by atoms with Crippen molar-refractivity contribution in [3.05, 3.63) is 35.4 Å². The van der Waals surface area contributed by atoms with E-state index in [1.54, 1.807) is 0 Å². The topological polar surface area (TPSA) is 9.23 Å². The summed E-state index contributed by atoms with van der Waals surface area (Å²) >= 11 is -1.09. The first-order valence-electron chi connectivity index (χ1n) is 6.61. The van der Waals surface area contributed by atoms with Gasteiger partial charge in [-0.3, -0.25) is 0 Å². The molecular formula is C15H28OSn2. The van der Waals surface area contributed by atoms with E-state index in [9.17, 15) is 0 Å². The van der Waals surface area contributed by atoms with E-state index in [-0.39, 0.29) is 0 Å². The SMILES string of the molecule is [CH3][Sn]([CH3])[CH3].[CH3][Sn]([CH3])[CH3].c1ccc2c(c1)CCOC2. The summed E-state index contributed by atoms with van der Waals surface area (Å²) in [6.45, 7) is 1.69. The van der Waals surface area contributed by atoms with Crippen molar-refractivity contribution in [2.45, 2.75) is 42.7 Å². The van der Waals surface area contributed by atoms with Gasteiger partial charge in [0.1, 0.15) is 0 Å². The van der Waals surface area contributed by atoms with Gasteiger partial charge in [0.25, 0.3) is 0 Å². The quantitative estimate of drug-likeness (QED) is 0.517. The van der Waals surface area contributed by atoms with E-state index < -0.39 is 39.5 Å². The summed E-state index contributed by atoms with van der Waals surface area (Å²) in [5.41, 5.74) is 2.81. The third kappa shape index (κ3) is 11.8. The molecule has 1 aliphatic rings. The van der Waals surface area contributed by atoms with Crippen LogP contribution in [0.5, 0.6) is 0 Å². The Hall–Kier alpha value is 0.777. The van der Waals surface area contributed by atoms with Crippen molar-refractivity contribution < 1.29 is 4.74 Å². The number of fused-ring (bicyclic) bond motifs is 1. The van der Waals surface area contributed by atoms with Gasteiger partial charge in [-0.2, -0.15) is 0 Å². The molecule has 1 heterocycles. The third-order valence-corrected chi connectivity index (χ3v) is 1.89. The first-order valence-corrected chi connectivity index (χ1v) is 23.7. The van der Waals surface area contributed by atoms with E-state index in [1.807, 2.05) is 0 Å². The molecule has 2 rings (SSSR count). The fourth-order valence-electron chi connectivity index (χ4n) is 1.31. The van der Waals surface area contributed by atoms with E-state index in [0.29, 0.717) is 0 Å². The zero-order valence-corrected chi connectivity index (χ0v) is 18.5. The zero-order valence-electron chi connectivity index (χ0n) is 12.8. The van der Waals surface area contributed by atoms with Crippen LogP contribution in [0.2, 0.25) is 29.6 Å².